The minimum Gasteiger partial charge on any atom is -0.289 e. The van der Waals surface area contributed by atoms with Crippen LogP contribution in [0.3, 0.4) is 0 Å². The first-order chi connectivity index (χ1) is 9.66. The second kappa shape index (κ2) is 5.04. The minimum atomic E-state index is 0.220. The molecule has 0 aliphatic heterocycles. The molecule has 2 heterocycles. The highest BCUT2D eigenvalue weighted by molar-refractivity contribution is 9.11. The topological polar surface area (TPSA) is 17.1 Å². The molecule has 2 aliphatic carbocycles. The quantitative estimate of drug-likeness (QED) is 0.517. The molecule has 0 N–H and O–H groups in total. The van der Waals surface area contributed by atoms with Crippen molar-refractivity contribution in [3.05, 3.63) is 40.6 Å². The van der Waals surface area contributed by atoms with E-state index in [0.717, 1.165) is 18.7 Å². The Morgan fingerprint density at radius 2 is 1.30 bits per heavy atom. The first-order valence-electron chi connectivity index (χ1n) is 6.75. The second-order valence-electron chi connectivity index (χ2n) is 5.55. The summed E-state index contributed by atoms with van der Waals surface area (Å²) in [7, 11) is 0. The molecule has 2 aromatic rings. The van der Waals surface area contributed by atoms with Crippen molar-refractivity contribution in [1.82, 2.24) is 0 Å². The molecule has 0 saturated heterocycles. The Bertz CT molecular complexity index is 635. The maximum absolute atomic E-state index is 13.0. The van der Waals surface area contributed by atoms with Crippen LogP contribution in [0.4, 0.5) is 0 Å². The van der Waals surface area contributed by atoms with Gasteiger partial charge in [0, 0.05) is 21.9 Å². The second-order valence-corrected chi connectivity index (χ2v) is 9.95. The lowest BCUT2D eigenvalue weighted by Gasteiger charge is -2.05. The van der Waals surface area contributed by atoms with E-state index in [1.165, 1.54) is 36.8 Å². The van der Waals surface area contributed by atoms with Crippen molar-refractivity contribution >= 4 is 60.3 Å². The fourth-order valence-corrected chi connectivity index (χ4v) is 6.04. The Balaban J connectivity index is 1.77. The highest BCUT2D eigenvalue weighted by Crippen LogP contribution is 2.50. The Morgan fingerprint density at radius 1 is 0.900 bits per heavy atom. The predicted molar refractivity (Wildman–Crippen MR) is 91.4 cm³/mol. The molecule has 2 fully saturated rings. The van der Waals surface area contributed by atoms with Gasteiger partial charge in [-0.3, -0.25) is 4.79 Å². The van der Waals surface area contributed by atoms with Crippen LogP contribution in [-0.4, -0.2) is 5.78 Å². The molecule has 0 spiro atoms. The molecule has 20 heavy (non-hydrogen) atoms. The van der Waals surface area contributed by atoms with Gasteiger partial charge in [0.25, 0.3) is 0 Å². The monoisotopic (exact) mass is 430 g/mol. The third-order valence-corrected chi connectivity index (χ3v) is 7.56. The lowest BCUT2D eigenvalue weighted by Crippen LogP contribution is -2.04. The number of thiophene rings is 2. The highest BCUT2D eigenvalue weighted by Gasteiger charge is 2.35. The summed E-state index contributed by atoms with van der Waals surface area (Å²) >= 11 is 10.5. The zero-order valence-electron chi connectivity index (χ0n) is 10.6. The number of ketones is 1. The number of halogens is 2. The predicted octanol–water partition coefficient (Wildman–Crippen LogP) is 6.32. The Labute approximate surface area is 142 Å². The Morgan fingerprint density at radius 3 is 1.65 bits per heavy atom. The molecule has 0 unspecified atom stereocenters. The van der Waals surface area contributed by atoms with Gasteiger partial charge in [0.1, 0.15) is 0 Å². The maximum atomic E-state index is 13.0. The maximum Gasteiger partial charge on any atom is 0.195 e. The summed E-state index contributed by atoms with van der Waals surface area (Å²) in [4.78, 5) is 13.0. The van der Waals surface area contributed by atoms with Gasteiger partial charge in [-0.1, -0.05) is 0 Å². The molecule has 2 aliphatic rings. The van der Waals surface area contributed by atoms with E-state index in [-0.39, 0.29) is 5.78 Å². The lowest BCUT2D eigenvalue weighted by molar-refractivity contribution is 0.103. The summed E-state index contributed by atoms with van der Waals surface area (Å²) in [6, 6.07) is 0. The van der Waals surface area contributed by atoms with Crippen LogP contribution in [-0.2, 0) is 0 Å². The molecular weight excluding hydrogens is 420 g/mol. The van der Waals surface area contributed by atoms with Crippen molar-refractivity contribution < 1.29 is 4.79 Å². The number of hydrogen-bond donors (Lipinski definition) is 0. The van der Waals surface area contributed by atoms with Crippen LogP contribution in [0.15, 0.2) is 18.3 Å². The molecular formula is C15H12Br2OS2. The lowest BCUT2D eigenvalue weighted by atomic mass is 9.98. The largest absolute Gasteiger partial charge is 0.289 e. The zero-order valence-corrected chi connectivity index (χ0v) is 15.4. The number of rotatable bonds is 4. The summed E-state index contributed by atoms with van der Waals surface area (Å²) in [6.07, 6.45) is 4.88. The van der Waals surface area contributed by atoms with Gasteiger partial charge in [-0.2, -0.15) is 0 Å². The van der Waals surface area contributed by atoms with E-state index >= 15 is 0 Å². The zero-order chi connectivity index (χ0) is 13.9. The summed E-state index contributed by atoms with van der Waals surface area (Å²) in [5.74, 6) is 1.42. The summed E-state index contributed by atoms with van der Waals surface area (Å²) in [5.41, 5.74) is 4.36. The van der Waals surface area contributed by atoms with Gasteiger partial charge in [-0.15, -0.1) is 22.7 Å². The number of carbonyl (C=O) groups is 1. The van der Waals surface area contributed by atoms with Gasteiger partial charge in [0.2, 0.25) is 0 Å². The van der Waals surface area contributed by atoms with Gasteiger partial charge < -0.3 is 0 Å². The number of carbonyl (C=O) groups excluding carboxylic acids is 1. The molecule has 0 amide bonds. The third kappa shape index (κ3) is 2.27. The van der Waals surface area contributed by atoms with Crippen LogP contribution in [0.25, 0.3) is 0 Å². The van der Waals surface area contributed by atoms with Crippen LogP contribution in [0, 0.1) is 0 Å². The SMILES string of the molecule is O=C(c1csc(Br)c1C1CC1)c1csc(Br)c1C1CC1. The van der Waals surface area contributed by atoms with E-state index < -0.39 is 0 Å². The van der Waals surface area contributed by atoms with Gasteiger partial charge >= 0.3 is 0 Å². The average molecular weight is 432 g/mol. The van der Waals surface area contributed by atoms with Crippen LogP contribution in [0.5, 0.6) is 0 Å². The van der Waals surface area contributed by atoms with Crippen LogP contribution >= 0.6 is 54.5 Å². The van der Waals surface area contributed by atoms with Crippen molar-refractivity contribution in [3.63, 3.8) is 0 Å². The average Bonchev–Trinajstić information content (AvgIpc) is 3.35. The van der Waals surface area contributed by atoms with Crippen molar-refractivity contribution in [1.29, 1.82) is 0 Å². The third-order valence-electron chi connectivity index (χ3n) is 4.02. The molecule has 0 bridgehead atoms. The van der Waals surface area contributed by atoms with E-state index in [9.17, 15) is 4.79 Å². The summed E-state index contributed by atoms with van der Waals surface area (Å²) in [6.45, 7) is 0. The van der Waals surface area contributed by atoms with Crippen LogP contribution in [0.1, 0.15) is 64.6 Å². The molecule has 5 heteroatoms. The van der Waals surface area contributed by atoms with Gasteiger partial charge in [-0.05, 0) is 80.5 Å². The van der Waals surface area contributed by atoms with Crippen LogP contribution in [0.2, 0.25) is 0 Å². The fourth-order valence-electron chi connectivity index (χ4n) is 2.69. The molecule has 2 aromatic heterocycles. The molecule has 1 nitrogen and oxygen atoms in total. The Kier molecular flexibility index (Phi) is 3.45. The number of hydrogen-bond acceptors (Lipinski definition) is 3. The van der Waals surface area contributed by atoms with Crippen LogP contribution < -0.4 is 0 Å². The minimum absolute atomic E-state index is 0.220. The first kappa shape index (κ1) is 13.7. The van der Waals surface area contributed by atoms with E-state index in [2.05, 4.69) is 31.9 Å². The van der Waals surface area contributed by atoms with E-state index in [1.807, 2.05) is 10.8 Å². The van der Waals surface area contributed by atoms with Gasteiger partial charge in [0.15, 0.2) is 5.78 Å². The molecule has 2 saturated carbocycles. The molecule has 104 valence electrons. The molecule has 0 aromatic carbocycles. The summed E-state index contributed by atoms with van der Waals surface area (Å²) < 4.78 is 2.29. The Hall–Kier alpha value is 0.0300. The van der Waals surface area contributed by atoms with Crippen molar-refractivity contribution in [2.24, 2.45) is 0 Å². The van der Waals surface area contributed by atoms with Crippen molar-refractivity contribution in [3.8, 4) is 0 Å². The van der Waals surface area contributed by atoms with Gasteiger partial charge in [0.05, 0.1) is 7.57 Å². The van der Waals surface area contributed by atoms with Crippen molar-refractivity contribution in [2.45, 2.75) is 37.5 Å². The normalized spacial score (nSPS) is 18.5. The smallest absolute Gasteiger partial charge is 0.195 e. The van der Waals surface area contributed by atoms with E-state index in [4.69, 9.17) is 0 Å². The summed E-state index contributed by atoms with van der Waals surface area (Å²) in [5, 5.41) is 4.06. The first-order valence-corrected chi connectivity index (χ1v) is 10.1. The molecule has 4 rings (SSSR count). The molecule has 0 atom stereocenters. The standard InChI is InChI=1S/C15H12Br2OS2/c16-14-11(7-1-2-7)9(5-19-14)13(18)10-6-20-15(17)12(10)8-3-4-8/h5-8H,1-4H2. The van der Waals surface area contributed by atoms with Crippen molar-refractivity contribution in [2.75, 3.05) is 0 Å². The van der Waals surface area contributed by atoms with E-state index in [1.54, 1.807) is 22.7 Å². The van der Waals surface area contributed by atoms with E-state index in [0.29, 0.717) is 11.8 Å². The van der Waals surface area contributed by atoms with Gasteiger partial charge in [-0.25, -0.2) is 0 Å². The molecule has 0 radical (unpaired) electrons. The highest BCUT2D eigenvalue weighted by atomic mass is 79.9. The fraction of sp³-hybridized carbons (Fsp3) is 0.400.